The Morgan fingerprint density at radius 2 is 1.62 bits per heavy atom. The van der Waals surface area contributed by atoms with Gasteiger partial charge < -0.3 is 15.3 Å². The molecule has 1 aromatic carbocycles. The average molecular weight is 227 g/mol. The first-order valence-electron chi connectivity index (χ1n) is 4.39. The van der Waals surface area contributed by atoms with Crippen molar-refractivity contribution >= 4 is 17.7 Å². The van der Waals surface area contributed by atoms with Crippen molar-refractivity contribution in [1.29, 1.82) is 0 Å². The number of carboxylic acids is 1. The van der Waals surface area contributed by atoms with Crippen molar-refractivity contribution in [3.63, 3.8) is 0 Å². The van der Waals surface area contributed by atoms with Crippen molar-refractivity contribution in [3.05, 3.63) is 30.3 Å². The SMILES string of the molecule is C[C@H](O)C(=O)O.O=C(O)Nc1ccccc1. The topological polar surface area (TPSA) is 107 Å². The number of amides is 1. The minimum Gasteiger partial charge on any atom is -0.479 e. The predicted molar refractivity (Wildman–Crippen MR) is 57.4 cm³/mol. The van der Waals surface area contributed by atoms with Gasteiger partial charge in [-0.2, -0.15) is 0 Å². The molecule has 0 bridgehead atoms. The fraction of sp³-hybridized carbons (Fsp3) is 0.200. The third kappa shape index (κ3) is 7.34. The first kappa shape index (κ1) is 13.9. The van der Waals surface area contributed by atoms with Crippen molar-refractivity contribution in [2.45, 2.75) is 13.0 Å². The Morgan fingerprint density at radius 3 is 1.94 bits per heavy atom. The number of anilines is 1. The van der Waals surface area contributed by atoms with Gasteiger partial charge in [0.1, 0.15) is 6.10 Å². The number of aliphatic hydroxyl groups is 1. The zero-order chi connectivity index (χ0) is 12.6. The van der Waals surface area contributed by atoms with Crippen LogP contribution in [-0.2, 0) is 4.79 Å². The summed E-state index contributed by atoms with van der Waals surface area (Å²) in [5.41, 5.74) is 0.593. The summed E-state index contributed by atoms with van der Waals surface area (Å²) < 4.78 is 0. The fourth-order valence-electron chi connectivity index (χ4n) is 0.645. The van der Waals surface area contributed by atoms with E-state index in [1.807, 2.05) is 6.07 Å². The van der Waals surface area contributed by atoms with E-state index in [0.717, 1.165) is 0 Å². The van der Waals surface area contributed by atoms with E-state index in [9.17, 15) is 9.59 Å². The highest BCUT2D eigenvalue weighted by molar-refractivity contribution is 5.82. The highest BCUT2D eigenvalue weighted by Gasteiger charge is 2.01. The first-order chi connectivity index (χ1) is 7.43. The lowest BCUT2D eigenvalue weighted by molar-refractivity contribution is -0.145. The molecule has 6 nitrogen and oxygen atoms in total. The van der Waals surface area contributed by atoms with Crippen LogP contribution in [0.1, 0.15) is 6.92 Å². The highest BCUT2D eigenvalue weighted by Crippen LogP contribution is 2.03. The van der Waals surface area contributed by atoms with Gasteiger partial charge in [-0.15, -0.1) is 0 Å². The summed E-state index contributed by atoms with van der Waals surface area (Å²) in [6, 6.07) is 8.74. The molecule has 0 saturated carbocycles. The quantitative estimate of drug-likeness (QED) is 0.607. The molecule has 4 N–H and O–H groups in total. The number of para-hydroxylation sites is 1. The van der Waals surface area contributed by atoms with Crippen LogP contribution in [0, 0.1) is 0 Å². The van der Waals surface area contributed by atoms with Gasteiger partial charge in [-0.3, -0.25) is 5.32 Å². The van der Waals surface area contributed by atoms with E-state index in [0.29, 0.717) is 5.69 Å². The lowest BCUT2D eigenvalue weighted by Crippen LogP contribution is -2.13. The fourth-order valence-corrected chi connectivity index (χ4v) is 0.645. The summed E-state index contributed by atoms with van der Waals surface area (Å²) >= 11 is 0. The summed E-state index contributed by atoms with van der Waals surface area (Å²) in [6.45, 7) is 1.20. The number of carboxylic acid groups (broad SMARTS) is 2. The number of rotatable bonds is 2. The minimum absolute atomic E-state index is 0.593. The Bertz CT molecular complexity index is 336. The van der Waals surface area contributed by atoms with Gasteiger partial charge in [0.25, 0.3) is 0 Å². The van der Waals surface area contributed by atoms with Crippen LogP contribution < -0.4 is 5.32 Å². The second-order valence-electron chi connectivity index (χ2n) is 2.81. The van der Waals surface area contributed by atoms with Gasteiger partial charge in [-0.1, -0.05) is 18.2 Å². The number of benzene rings is 1. The number of carbonyl (C=O) groups is 2. The number of aliphatic hydroxyl groups excluding tert-OH is 1. The van der Waals surface area contributed by atoms with Crippen LogP contribution in [0.25, 0.3) is 0 Å². The van der Waals surface area contributed by atoms with E-state index in [4.69, 9.17) is 15.3 Å². The molecule has 0 fully saturated rings. The molecule has 0 aliphatic rings. The van der Waals surface area contributed by atoms with Crippen LogP contribution in [0.15, 0.2) is 30.3 Å². The van der Waals surface area contributed by atoms with E-state index in [1.165, 1.54) is 6.92 Å². The first-order valence-corrected chi connectivity index (χ1v) is 4.39. The smallest absolute Gasteiger partial charge is 0.409 e. The van der Waals surface area contributed by atoms with E-state index >= 15 is 0 Å². The highest BCUT2D eigenvalue weighted by atomic mass is 16.4. The standard InChI is InChI=1S/C7H7NO2.C3H6O3/c9-7(10)8-6-4-2-1-3-5-6;1-2(4)3(5)6/h1-5,8H,(H,9,10);2,4H,1H3,(H,5,6)/t;2-/m.0/s1. The number of hydrogen-bond acceptors (Lipinski definition) is 3. The Morgan fingerprint density at radius 1 is 1.19 bits per heavy atom. The van der Waals surface area contributed by atoms with E-state index < -0.39 is 18.2 Å². The molecule has 6 heteroatoms. The second-order valence-corrected chi connectivity index (χ2v) is 2.81. The lowest BCUT2D eigenvalue weighted by Gasteiger charge is -1.96. The molecule has 0 aliphatic carbocycles. The van der Waals surface area contributed by atoms with Gasteiger partial charge >= 0.3 is 12.1 Å². The van der Waals surface area contributed by atoms with Crippen LogP contribution in [-0.4, -0.2) is 33.5 Å². The molecule has 1 rings (SSSR count). The van der Waals surface area contributed by atoms with Crippen LogP contribution >= 0.6 is 0 Å². The lowest BCUT2D eigenvalue weighted by atomic mass is 10.3. The molecular weight excluding hydrogens is 214 g/mol. The number of aliphatic carboxylic acids is 1. The molecule has 0 radical (unpaired) electrons. The minimum atomic E-state index is -1.23. The zero-order valence-corrected chi connectivity index (χ0v) is 8.62. The van der Waals surface area contributed by atoms with Crippen molar-refractivity contribution in [3.8, 4) is 0 Å². The zero-order valence-electron chi connectivity index (χ0n) is 8.62. The van der Waals surface area contributed by atoms with Gasteiger partial charge in [0.05, 0.1) is 0 Å². The molecule has 0 aliphatic heterocycles. The monoisotopic (exact) mass is 227 g/mol. The number of hydrogen-bond donors (Lipinski definition) is 4. The summed E-state index contributed by atoms with van der Waals surface area (Å²) in [7, 11) is 0. The summed E-state index contributed by atoms with van der Waals surface area (Å²) in [5, 5.41) is 26.2. The van der Waals surface area contributed by atoms with Crippen molar-refractivity contribution in [2.75, 3.05) is 5.32 Å². The van der Waals surface area contributed by atoms with E-state index in [2.05, 4.69) is 5.32 Å². The van der Waals surface area contributed by atoms with Crippen LogP contribution in [0.4, 0.5) is 10.5 Å². The maximum Gasteiger partial charge on any atom is 0.409 e. The second kappa shape index (κ2) is 7.24. The normalized spacial score (nSPS) is 10.6. The molecule has 16 heavy (non-hydrogen) atoms. The summed E-state index contributed by atoms with van der Waals surface area (Å²) in [5.74, 6) is -1.19. The maximum atomic E-state index is 10.1. The summed E-state index contributed by atoms with van der Waals surface area (Å²) in [4.78, 5) is 19.5. The van der Waals surface area contributed by atoms with Crippen molar-refractivity contribution in [1.82, 2.24) is 0 Å². The van der Waals surface area contributed by atoms with Gasteiger partial charge in [-0.25, -0.2) is 9.59 Å². The average Bonchev–Trinajstić information content (AvgIpc) is 2.19. The third-order valence-corrected chi connectivity index (χ3v) is 1.38. The number of nitrogens with one attached hydrogen (secondary N) is 1. The Balaban J connectivity index is 0.000000325. The Kier molecular flexibility index (Phi) is 6.30. The molecule has 0 saturated heterocycles. The van der Waals surface area contributed by atoms with Gasteiger partial charge in [0, 0.05) is 5.69 Å². The molecule has 0 unspecified atom stereocenters. The Labute approximate surface area is 92.2 Å². The van der Waals surface area contributed by atoms with Gasteiger partial charge in [0.15, 0.2) is 0 Å². The summed E-state index contributed by atoms with van der Waals surface area (Å²) in [6.07, 6.45) is -2.27. The van der Waals surface area contributed by atoms with Crippen LogP contribution in [0.2, 0.25) is 0 Å². The van der Waals surface area contributed by atoms with Crippen molar-refractivity contribution < 1.29 is 24.9 Å². The van der Waals surface area contributed by atoms with Crippen LogP contribution in [0.5, 0.6) is 0 Å². The van der Waals surface area contributed by atoms with Crippen molar-refractivity contribution in [2.24, 2.45) is 0 Å². The molecule has 0 heterocycles. The van der Waals surface area contributed by atoms with Crippen LogP contribution in [0.3, 0.4) is 0 Å². The van der Waals surface area contributed by atoms with Gasteiger partial charge in [-0.05, 0) is 19.1 Å². The molecule has 1 aromatic rings. The van der Waals surface area contributed by atoms with E-state index in [-0.39, 0.29) is 0 Å². The largest absolute Gasteiger partial charge is 0.479 e. The predicted octanol–water partition coefficient (Wildman–Crippen LogP) is 1.23. The van der Waals surface area contributed by atoms with Gasteiger partial charge in [0.2, 0.25) is 0 Å². The molecule has 0 spiro atoms. The molecule has 0 aromatic heterocycles. The third-order valence-electron chi connectivity index (χ3n) is 1.38. The maximum absolute atomic E-state index is 10.1. The molecule has 1 atom stereocenters. The molecule has 88 valence electrons. The molecule has 1 amide bonds. The van der Waals surface area contributed by atoms with E-state index in [1.54, 1.807) is 24.3 Å². The molecular formula is C10H13NO5. The Hall–Kier alpha value is -2.08.